The molecule has 12 heavy (non-hydrogen) atoms. The highest BCUT2D eigenvalue weighted by Crippen LogP contribution is 2.17. The van der Waals surface area contributed by atoms with Gasteiger partial charge in [-0.05, 0) is 0 Å². The highest BCUT2D eigenvalue weighted by Gasteiger charge is 2.41. The highest BCUT2D eigenvalue weighted by molar-refractivity contribution is 4.90. The standard InChI is InChI=1S/C6H13NO5/c7-3-4(9)2(1-8)12-6(11)5(3)10/h2-6,8-11H,1,7H2/t2-,3+,4+,5+,6-/m1/s1. The van der Waals surface area contributed by atoms with Gasteiger partial charge in [0.25, 0.3) is 0 Å². The van der Waals surface area contributed by atoms with E-state index in [4.69, 9.17) is 21.1 Å². The van der Waals surface area contributed by atoms with Gasteiger partial charge >= 0.3 is 0 Å². The first-order chi connectivity index (χ1) is 5.57. The SMILES string of the molecule is N[C@H]1[C@@H](O)[C@@H](CO)O[C@@H](O)[C@H]1O. The van der Waals surface area contributed by atoms with E-state index in [9.17, 15) is 5.11 Å². The van der Waals surface area contributed by atoms with Gasteiger partial charge in [0.15, 0.2) is 6.29 Å². The fourth-order valence-electron chi connectivity index (χ4n) is 1.13. The maximum Gasteiger partial charge on any atom is 0.183 e. The molecular weight excluding hydrogens is 166 g/mol. The second-order valence-corrected chi connectivity index (χ2v) is 2.81. The molecule has 1 fully saturated rings. The summed E-state index contributed by atoms with van der Waals surface area (Å²) in [5.74, 6) is 0. The lowest BCUT2D eigenvalue weighted by Crippen LogP contribution is -2.62. The second kappa shape index (κ2) is 3.65. The summed E-state index contributed by atoms with van der Waals surface area (Å²) < 4.78 is 4.66. The van der Waals surface area contributed by atoms with Crippen LogP contribution in [-0.4, -0.2) is 57.7 Å². The summed E-state index contributed by atoms with van der Waals surface area (Å²) >= 11 is 0. The molecule has 0 radical (unpaired) electrons. The first-order valence-corrected chi connectivity index (χ1v) is 3.64. The molecule has 1 rings (SSSR count). The minimum atomic E-state index is -1.44. The van der Waals surface area contributed by atoms with Gasteiger partial charge in [-0.1, -0.05) is 0 Å². The molecule has 0 aromatic carbocycles. The van der Waals surface area contributed by atoms with Gasteiger partial charge in [-0.25, -0.2) is 0 Å². The molecule has 0 aromatic rings. The number of aliphatic hydroxyl groups is 4. The van der Waals surface area contributed by atoms with Gasteiger partial charge in [0.1, 0.15) is 18.3 Å². The molecule has 72 valence electrons. The van der Waals surface area contributed by atoms with Crippen LogP contribution in [0.5, 0.6) is 0 Å². The zero-order chi connectivity index (χ0) is 9.30. The number of nitrogens with two attached hydrogens (primary N) is 1. The molecule has 0 bridgehead atoms. The van der Waals surface area contributed by atoms with Gasteiger partial charge < -0.3 is 30.9 Å². The Bertz CT molecular complexity index is 150. The van der Waals surface area contributed by atoms with Crippen LogP contribution in [0.1, 0.15) is 0 Å². The predicted octanol–water partition coefficient (Wildman–Crippen LogP) is -3.25. The first-order valence-electron chi connectivity index (χ1n) is 3.64. The van der Waals surface area contributed by atoms with Gasteiger partial charge in [0, 0.05) is 0 Å². The van der Waals surface area contributed by atoms with Gasteiger partial charge in [-0.2, -0.15) is 0 Å². The van der Waals surface area contributed by atoms with E-state index in [-0.39, 0.29) is 0 Å². The first kappa shape index (κ1) is 9.85. The molecule has 0 aliphatic carbocycles. The third-order valence-corrected chi connectivity index (χ3v) is 1.96. The molecule has 6 N–H and O–H groups in total. The van der Waals surface area contributed by atoms with Crippen LogP contribution in [0.3, 0.4) is 0 Å². The van der Waals surface area contributed by atoms with Crippen molar-refractivity contribution in [1.82, 2.24) is 0 Å². The summed E-state index contributed by atoms with van der Waals surface area (Å²) in [7, 11) is 0. The molecule has 0 unspecified atom stereocenters. The van der Waals surface area contributed by atoms with Crippen molar-refractivity contribution in [3.05, 3.63) is 0 Å². The lowest BCUT2D eigenvalue weighted by molar-refractivity contribution is -0.258. The summed E-state index contributed by atoms with van der Waals surface area (Å²) in [6, 6.07) is -0.995. The van der Waals surface area contributed by atoms with E-state index in [1.807, 2.05) is 0 Å². The molecule has 0 amide bonds. The topological polar surface area (TPSA) is 116 Å². The Hall–Kier alpha value is -0.240. The highest BCUT2D eigenvalue weighted by atomic mass is 16.6. The molecule has 1 aliphatic heterocycles. The van der Waals surface area contributed by atoms with Crippen LogP contribution in [0.15, 0.2) is 0 Å². The molecule has 1 heterocycles. The Labute approximate surface area is 69.2 Å². The Kier molecular flexibility index (Phi) is 2.99. The third-order valence-electron chi connectivity index (χ3n) is 1.96. The summed E-state index contributed by atoms with van der Waals surface area (Å²) in [6.07, 6.45) is -4.85. The fraction of sp³-hybridized carbons (Fsp3) is 1.00. The zero-order valence-electron chi connectivity index (χ0n) is 6.37. The number of aliphatic hydroxyl groups excluding tert-OH is 4. The maximum atomic E-state index is 9.24. The summed E-state index contributed by atoms with van der Waals surface area (Å²) in [4.78, 5) is 0. The Morgan fingerprint density at radius 1 is 1.17 bits per heavy atom. The van der Waals surface area contributed by atoms with E-state index in [2.05, 4.69) is 4.74 Å². The fourth-order valence-corrected chi connectivity index (χ4v) is 1.13. The molecule has 6 nitrogen and oxygen atoms in total. The van der Waals surface area contributed by atoms with Crippen molar-refractivity contribution in [2.45, 2.75) is 30.6 Å². The van der Waals surface area contributed by atoms with Crippen LogP contribution in [0.2, 0.25) is 0 Å². The van der Waals surface area contributed by atoms with Crippen molar-refractivity contribution >= 4 is 0 Å². The van der Waals surface area contributed by atoms with Crippen molar-refractivity contribution in [3.8, 4) is 0 Å². The summed E-state index contributed by atoms with van der Waals surface area (Å²) in [5, 5.41) is 36.0. The van der Waals surface area contributed by atoms with Gasteiger partial charge in [-0.15, -0.1) is 0 Å². The minimum Gasteiger partial charge on any atom is -0.394 e. The van der Waals surface area contributed by atoms with Gasteiger partial charge in [0.05, 0.1) is 12.6 Å². The lowest BCUT2D eigenvalue weighted by Gasteiger charge is -2.38. The minimum absolute atomic E-state index is 0.446. The lowest BCUT2D eigenvalue weighted by atomic mass is 9.97. The van der Waals surface area contributed by atoms with Crippen molar-refractivity contribution in [3.63, 3.8) is 0 Å². The second-order valence-electron chi connectivity index (χ2n) is 2.81. The van der Waals surface area contributed by atoms with E-state index in [0.717, 1.165) is 0 Å². The smallest absolute Gasteiger partial charge is 0.183 e. The van der Waals surface area contributed by atoms with Crippen molar-refractivity contribution < 1.29 is 25.2 Å². The zero-order valence-corrected chi connectivity index (χ0v) is 6.37. The van der Waals surface area contributed by atoms with Crippen molar-refractivity contribution in [2.75, 3.05) is 6.61 Å². The molecule has 6 heteroatoms. The molecule has 1 saturated heterocycles. The van der Waals surface area contributed by atoms with Crippen LogP contribution in [-0.2, 0) is 4.74 Å². The van der Waals surface area contributed by atoms with E-state index in [1.54, 1.807) is 0 Å². The number of rotatable bonds is 1. The van der Waals surface area contributed by atoms with E-state index in [1.165, 1.54) is 0 Å². The third kappa shape index (κ3) is 1.58. The molecular formula is C6H13NO5. The molecule has 0 saturated carbocycles. The quantitative estimate of drug-likeness (QED) is 0.288. The summed E-state index contributed by atoms with van der Waals surface area (Å²) in [5.41, 5.74) is 5.33. The largest absolute Gasteiger partial charge is 0.394 e. The Balaban J connectivity index is 2.63. The predicted molar refractivity (Wildman–Crippen MR) is 38.0 cm³/mol. The van der Waals surface area contributed by atoms with Crippen LogP contribution in [0.4, 0.5) is 0 Å². The van der Waals surface area contributed by atoms with Crippen LogP contribution >= 0.6 is 0 Å². The molecule has 5 atom stereocenters. The van der Waals surface area contributed by atoms with Crippen LogP contribution in [0.25, 0.3) is 0 Å². The van der Waals surface area contributed by atoms with Crippen molar-refractivity contribution in [2.24, 2.45) is 5.73 Å². The summed E-state index contributed by atoms with van der Waals surface area (Å²) in [6.45, 7) is -0.446. The van der Waals surface area contributed by atoms with Gasteiger partial charge in [-0.3, -0.25) is 0 Å². The van der Waals surface area contributed by atoms with Crippen LogP contribution in [0, 0.1) is 0 Å². The monoisotopic (exact) mass is 179 g/mol. The molecule has 0 aromatic heterocycles. The van der Waals surface area contributed by atoms with Crippen molar-refractivity contribution in [1.29, 1.82) is 0 Å². The molecule has 0 spiro atoms. The average molecular weight is 179 g/mol. The molecule has 1 aliphatic rings. The van der Waals surface area contributed by atoms with Gasteiger partial charge in [0.2, 0.25) is 0 Å². The number of hydrogen-bond acceptors (Lipinski definition) is 6. The van der Waals surface area contributed by atoms with E-state index < -0.39 is 37.3 Å². The average Bonchev–Trinajstić information content (AvgIpc) is 2.08. The van der Waals surface area contributed by atoms with Crippen LogP contribution < -0.4 is 5.73 Å². The van der Waals surface area contributed by atoms with E-state index >= 15 is 0 Å². The number of hydrogen-bond donors (Lipinski definition) is 5. The van der Waals surface area contributed by atoms with E-state index in [0.29, 0.717) is 0 Å². The Morgan fingerprint density at radius 3 is 2.25 bits per heavy atom. The number of ether oxygens (including phenoxy) is 1. The normalized spacial score (nSPS) is 49.2. The Morgan fingerprint density at radius 2 is 1.75 bits per heavy atom. The maximum absolute atomic E-state index is 9.24.